The maximum absolute atomic E-state index is 12.5. The van der Waals surface area contributed by atoms with Gasteiger partial charge >= 0.3 is 5.69 Å². The number of aromatic nitrogens is 4. The van der Waals surface area contributed by atoms with Crippen molar-refractivity contribution in [2.75, 3.05) is 5.32 Å². The van der Waals surface area contributed by atoms with E-state index in [2.05, 4.69) is 15.3 Å². The first kappa shape index (κ1) is 15.8. The number of benzene rings is 1. The number of amides is 1. The number of carbonyl (C=O) groups is 1. The summed E-state index contributed by atoms with van der Waals surface area (Å²) in [4.78, 5) is 44.0. The molecule has 0 unspecified atom stereocenters. The average molecular weight is 349 g/mol. The Morgan fingerprint density at radius 1 is 1.12 bits per heavy atom. The first-order chi connectivity index (χ1) is 12.5. The molecule has 4 rings (SSSR count). The van der Waals surface area contributed by atoms with Crippen molar-refractivity contribution in [3.8, 4) is 0 Å². The zero-order valence-electron chi connectivity index (χ0n) is 14.1. The highest BCUT2D eigenvalue weighted by Gasteiger charge is 2.13. The molecular weight excluding hydrogens is 334 g/mol. The van der Waals surface area contributed by atoms with E-state index in [9.17, 15) is 14.4 Å². The Morgan fingerprint density at radius 3 is 2.65 bits per heavy atom. The Bertz CT molecular complexity index is 1260. The molecule has 1 amide bonds. The van der Waals surface area contributed by atoms with Gasteiger partial charge in [0.25, 0.3) is 11.5 Å². The Hall–Kier alpha value is -3.68. The number of H-pyrrole nitrogens is 1. The first-order valence-electron chi connectivity index (χ1n) is 7.90. The number of pyridine rings is 1. The van der Waals surface area contributed by atoms with Gasteiger partial charge in [-0.25, -0.2) is 9.78 Å². The number of rotatable bonds is 2. The van der Waals surface area contributed by atoms with Crippen LogP contribution in [0.4, 0.5) is 5.69 Å². The van der Waals surface area contributed by atoms with Crippen LogP contribution in [0.3, 0.4) is 0 Å². The molecule has 26 heavy (non-hydrogen) atoms. The molecule has 0 saturated carbocycles. The van der Waals surface area contributed by atoms with Crippen LogP contribution in [0, 0.1) is 0 Å². The Balaban J connectivity index is 1.74. The Morgan fingerprint density at radius 2 is 1.88 bits per heavy atom. The molecule has 0 atom stereocenters. The minimum Gasteiger partial charge on any atom is -0.351 e. The van der Waals surface area contributed by atoms with Crippen LogP contribution >= 0.6 is 0 Å². The number of para-hydroxylation sites is 1. The van der Waals surface area contributed by atoms with Crippen molar-refractivity contribution in [1.82, 2.24) is 19.1 Å². The summed E-state index contributed by atoms with van der Waals surface area (Å²) in [7, 11) is 2.94. The molecule has 0 fully saturated rings. The number of nitrogens with zero attached hydrogens (tertiary/aromatic N) is 3. The van der Waals surface area contributed by atoms with Gasteiger partial charge in [0.1, 0.15) is 11.3 Å². The fourth-order valence-electron chi connectivity index (χ4n) is 2.93. The van der Waals surface area contributed by atoms with Crippen molar-refractivity contribution in [3.05, 3.63) is 69.1 Å². The van der Waals surface area contributed by atoms with Crippen LogP contribution < -0.4 is 16.6 Å². The third kappa shape index (κ3) is 2.39. The molecule has 0 bridgehead atoms. The molecule has 1 aromatic carbocycles. The van der Waals surface area contributed by atoms with Crippen molar-refractivity contribution >= 4 is 33.5 Å². The second-order valence-corrected chi connectivity index (χ2v) is 6.03. The molecule has 3 heterocycles. The lowest BCUT2D eigenvalue weighted by Gasteiger charge is -2.08. The summed E-state index contributed by atoms with van der Waals surface area (Å²) >= 11 is 0. The lowest BCUT2D eigenvalue weighted by atomic mass is 10.2. The van der Waals surface area contributed by atoms with E-state index in [-0.39, 0.29) is 16.9 Å². The summed E-state index contributed by atoms with van der Waals surface area (Å²) in [6, 6.07) is 10.8. The second kappa shape index (κ2) is 5.69. The highest BCUT2D eigenvalue weighted by molar-refractivity contribution is 6.06. The van der Waals surface area contributed by atoms with Crippen LogP contribution in [0.1, 0.15) is 10.5 Å². The minimum absolute atomic E-state index is 0.254. The van der Waals surface area contributed by atoms with Crippen LogP contribution in [0.25, 0.3) is 21.9 Å². The summed E-state index contributed by atoms with van der Waals surface area (Å²) in [6.45, 7) is 0. The highest BCUT2D eigenvalue weighted by atomic mass is 16.2. The SMILES string of the molecule is Cn1c(=O)c2cc(NC(=O)c3cc4ccccc4[nH]3)cnc2n(C)c1=O. The monoisotopic (exact) mass is 349 g/mol. The van der Waals surface area contributed by atoms with Crippen LogP contribution in [0.15, 0.2) is 52.2 Å². The predicted molar refractivity (Wildman–Crippen MR) is 98.5 cm³/mol. The van der Waals surface area contributed by atoms with E-state index in [1.807, 2.05) is 24.3 Å². The standard InChI is InChI=1S/C18H15N5O3/c1-22-15-12(17(25)23(2)18(22)26)8-11(9-19-15)20-16(24)14-7-10-5-3-4-6-13(10)21-14/h3-9,21H,1-2H3,(H,20,24). The predicted octanol–water partition coefficient (Wildman–Crippen LogP) is 1.37. The molecule has 0 spiro atoms. The fraction of sp³-hybridized carbons (Fsp3) is 0.111. The molecule has 0 aliphatic heterocycles. The van der Waals surface area contributed by atoms with Crippen molar-refractivity contribution in [3.63, 3.8) is 0 Å². The molecule has 8 nitrogen and oxygen atoms in total. The van der Waals surface area contributed by atoms with Crippen LogP contribution in [0.2, 0.25) is 0 Å². The van der Waals surface area contributed by atoms with Crippen molar-refractivity contribution in [1.29, 1.82) is 0 Å². The summed E-state index contributed by atoms with van der Waals surface area (Å²) in [5, 5.41) is 3.91. The van der Waals surface area contributed by atoms with E-state index < -0.39 is 11.2 Å². The molecule has 0 aliphatic rings. The zero-order chi connectivity index (χ0) is 18.4. The number of aromatic amines is 1. The van der Waals surface area contributed by atoms with E-state index in [4.69, 9.17) is 0 Å². The largest absolute Gasteiger partial charge is 0.351 e. The van der Waals surface area contributed by atoms with Crippen molar-refractivity contribution in [2.45, 2.75) is 0 Å². The topological polar surface area (TPSA) is 102 Å². The lowest BCUT2D eigenvalue weighted by Crippen LogP contribution is -2.37. The van der Waals surface area contributed by atoms with Gasteiger partial charge in [-0.1, -0.05) is 18.2 Å². The molecular formula is C18H15N5O3. The van der Waals surface area contributed by atoms with Gasteiger partial charge in [0.05, 0.1) is 17.3 Å². The summed E-state index contributed by atoms with van der Waals surface area (Å²) in [5.74, 6) is -0.344. The van der Waals surface area contributed by atoms with Crippen LogP contribution in [-0.4, -0.2) is 25.0 Å². The molecule has 3 aromatic heterocycles. The lowest BCUT2D eigenvalue weighted by molar-refractivity contribution is 0.102. The molecule has 4 aromatic rings. The van der Waals surface area contributed by atoms with Gasteiger partial charge in [-0.15, -0.1) is 0 Å². The van der Waals surface area contributed by atoms with Gasteiger partial charge in [0.2, 0.25) is 0 Å². The van der Waals surface area contributed by atoms with Gasteiger partial charge in [-0.05, 0) is 18.2 Å². The van der Waals surface area contributed by atoms with E-state index in [1.54, 1.807) is 13.1 Å². The summed E-state index contributed by atoms with van der Waals surface area (Å²) < 4.78 is 2.30. The first-order valence-corrected chi connectivity index (χ1v) is 7.90. The Kier molecular flexibility index (Phi) is 3.47. The number of hydrogen-bond acceptors (Lipinski definition) is 4. The van der Waals surface area contributed by atoms with Crippen molar-refractivity contribution in [2.24, 2.45) is 14.1 Å². The summed E-state index contributed by atoms with van der Waals surface area (Å²) in [6.07, 6.45) is 1.42. The molecule has 0 aliphatic carbocycles. The molecule has 130 valence electrons. The number of anilines is 1. The van der Waals surface area contributed by atoms with E-state index in [0.29, 0.717) is 11.4 Å². The van der Waals surface area contributed by atoms with E-state index >= 15 is 0 Å². The zero-order valence-corrected chi connectivity index (χ0v) is 14.1. The van der Waals surface area contributed by atoms with Gasteiger partial charge in [0, 0.05) is 25.0 Å². The van der Waals surface area contributed by atoms with E-state index in [1.165, 1.54) is 23.9 Å². The minimum atomic E-state index is -0.461. The van der Waals surface area contributed by atoms with Gasteiger partial charge in [-0.2, -0.15) is 0 Å². The molecule has 2 N–H and O–H groups in total. The quantitative estimate of drug-likeness (QED) is 0.570. The number of nitrogens with one attached hydrogen (secondary N) is 2. The number of aryl methyl sites for hydroxylation is 1. The average Bonchev–Trinajstić information content (AvgIpc) is 3.09. The van der Waals surface area contributed by atoms with Gasteiger partial charge in [0.15, 0.2) is 0 Å². The molecule has 0 radical (unpaired) electrons. The fourth-order valence-corrected chi connectivity index (χ4v) is 2.93. The number of fused-ring (bicyclic) bond motifs is 2. The highest BCUT2D eigenvalue weighted by Crippen LogP contribution is 2.17. The number of carbonyl (C=O) groups excluding carboxylic acids is 1. The van der Waals surface area contributed by atoms with Gasteiger partial charge in [-0.3, -0.25) is 18.7 Å². The smallest absolute Gasteiger partial charge is 0.332 e. The maximum atomic E-state index is 12.5. The summed E-state index contributed by atoms with van der Waals surface area (Å²) in [5.41, 5.74) is 0.985. The molecule has 8 heteroatoms. The number of hydrogen-bond donors (Lipinski definition) is 2. The molecule has 0 saturated heterocycles. The third-order valence-corrected chi connectivity index (χ3v) is 4.33. The third-order valence-electron chi connectivity index (χ3n) is 4.33. The van der Waals surface area contributed by atoms with Crippen molar-refractivity contribution < 1.29 is 4.79 Å². The normalized spacial score (nSPS) is 11.2. The maximum Gasteiger partial charge on any atom is 0.332 e. The van der Waals surface area contributed by atoms with Gasteiger partial charge < -0.3 is 10.3 Å². The van der Waals surface area contributed by atoms with Crippen LogP contribution in [-0.2, 0) is 14.1 Å². The van der Waals surface area contributed by atoms with Crippen LogP contribution in [0.5, 0.6) is 0 Å². The second-order valence-electron chi connectivity index (χ2n) is 6.03. The van der Waals surface area contributed by atoms with E-state index in [0.717, 1.165) is 15.5 Å². The Labute approximate surface area is 146 Å².